The van der Waals surface area contributed by atoms with Crippen LogP contribution in [0.3, 0.4) is 0 Å². The molecule has 0 unspecified atom stereocenters. The van der Waals surface area contributed by atoms with Gasteiger partial charge in [0.25, 0.3) is 5.56 Å². The molecule has 3 aliphatic heterocycles. The predicted molar refractivity (Wildman–Crippen MR) is 151 cm³/mol. The lowest BCUT2D eigenvalue weighted by Gasteiger charge is -2.40. The van der Waals surface area contributed by atoms with Gasteiger partial charge in [0, 0.05) is 57.7 Å². The molecule has 9 heteroatoms. The van der Waals surface area contributed by atoms with Crippen LogP contribution in [0.1, 0.15) is 30.8 Å². The summed E-state index contributed by atoms with van der Waals surface area (Å²) in [6.07, 6.45) is -0.0125. The van der Waals surface area contributed by atoms with E-state index in [-0.39, 0.29) is 17.6 Å². The summed E-state index contributed by atoms with van der Waals surface area (Å²) >= 11 is 0. The molecule has 0 N–H and O–H groups in total. The number of carbonyl (C=O) groups excluding carboxylic acids is 1. The molecule has 0 bridgehead atoms. The van der Waals surface area contributed by atoms with E-state index in [1.807, 2.05) is 52.1 Å². The number of alkyl halides is 1. The van der Waals surface area contributed by atoms with E-state index in [1.54, 1.807) is 9.47 Å². The number of halogens is 1. The first-order valence-electron chi connectivity index (χ1n) is 13.8. The zero-order chi connectivity index (χ0) is 27.5. The van der Waals surface area contributed by atoms with Crippen molar-refractivity contribution >= 4 is 28.2 Å². The van der Waals surface area contributed by atoms with Crippen LogP contribution in [0.2, 0.25) is 0 Å². The summed E-state index contributed by atoms with van der Waals surface area (Å²) in [6, 6.07) is 12.0. The summed E-state index contributed by atoms with van der Waals surface area (Å²) in [7, 11) is 1.82. The molecular weight excluding hydrogens is 497 g/mol. The highest BCUT2D eigenvalue weighted by Crippen LogP contribution is 2.41. The number of hydrogen-bond acceptors (Lipinski definition) is 6. The Kier molecular flexibility index (Phi) is 6.46. The highest BCUT2D eigenvalue weighted by atomic mass is 19.1. The van der Waals surface area contributed by atoms with Crippen molar-refractivity contribution in [2.75, 3.05) is 56.2 Å². The lowest BCUT2D eigenvalue weighted by Crippen LogP contribution is -2.55. The van der Waals surface area contributed by atoms with Crippen LogP contribution < -0.4 is 15.4 Å². The second-order valence-electron chi connectivity index (χ2n) is 11.7. The fourth-order valence-corrected chi connectivity index (χ4v) is 6.21. The van der Waals surface area contributed by atoms with Gasteiger partial charge in [0.1, 0.15) is 12.0 Å². The summed E-state index contributed by atoms with van der Waals surface area (Å²) in [5, 5.41) is 0.602. The first kappa shape index (κ1) is 26.0. The number of hydrogen-bond donors (Lipinski definition) is 0. The summed E-state index contributed by atoms with van der Waals surface area (Å²) in [4.78, 5) is 37.0. The first-order chi connectivity index (χ1) is 18.6. The van der Waals surface area contributed by atoms with Crippen LogP contribution in [0.15, 0.2) is 41.2 Å². The average Bonchev–Trinajstić information content (AvgIpc) is 3.07. The van der Waals surface area contributed by atoms with E-state index in [0.717, 1.165) is 42.1 Å². The third kappa shape index (κ3) is 4.61. The molecular formula is C30H36FN5O3. The van der Waals surface area contributed by atoms with Gasteiger partial charge in [-0.15, -0.1) is 0 Å². The van der Waals surface area contributed by atoms with E-state index in [2.05, 4.69) is 21.9 Å². The number of aromatic nitrogens is 2. The molecule has 1 atom stereocenters. The Morgan fingerprint density at radius 3 is 2.67 bits per heavy atom. The van der Waals surface area contributed by atoms with Gasteiger partial charge in [-0.2, -0.15) is 0 Å². The number of carbonyl (C=O) groups is 1. The number of likely N-dealkylation sites (tertiary alicyclic amines) is 1. The second kappa shape index (κ2) is 9.71. The van der Waals surface area contributed by atoms with Crippen LogP contribution >= 0.6 is 0 Å². The maximum Gasteiger partial charge on any atom is 0.261 e. The molecule has 6 rings (SSSR count). The molecule has 8 nitrogen and oxygen atoms in total. The monoisotopic (exact) mass is 533 g/mol. The molecule has 39 heavy (non-hydrogen) atoms. The number of amides is 1. The van der Waals surface area contributed by atoms with E-state index in [9.17, 15) is 14.0 Å². The fraction of sp³-hybridized carbons (Fsp3) is 0.500. The van der Waals surface area contributed by atoms with Gasteiger partial charge in [-0.05, 0) is 62.6 Å². The number of morpholine rings is 1. The van der Waals surface area contributed by atoms with Crippen molar-refractivity contribution in [3.63, 3.8) is 0 Å². The Bertz CT molecular complexity index is 1500. The van der Waals surface area contributed by atoms with Crippen molar-refractivity contribution in [1.82, 2.24) is 14.5 Å². The van der Waals surface area contributed by atoms with Crippen LogP contribution in [-0.4, -0.2) is 79.0 Å². The summed E-state index contributed by atoms with van der Waals surface area (Å²) < 4.78 is 20.9. The quantitative estimate of drug-likeness (QED) is 0.485. The number of ether oxygens (including phenoxy) is 1. The van der Waals surface area contributed by atoms with Gasteiger partial charge in [-0.3, -0.25) is 19.1 Å². The van der Waals surface area contributed by atoms with Crippen molar-refractivity contribution in [2.24, 2.45) is 0 Å². The Morgan fingerprint density at radius 1 is 1.10 bits per heavy atom. The van der Waals surface area contributed by atoms with Gasteiger partial charge >= 0.3 is 0 Å². The number of fused-ring (bicyclic) bond motifs is 2. The Morgan fingerprint density at radius 2 is 1.90 bits per heavy atom. The smallest absolute Gasteiger partial charge is 0.261 e. The topological polar surface area (TPSA) is 70.9 Å². The lowest BCUT2D eigenvalue weighted by atomic mass is 9.86. The summed E-state index contributed by atoms with van der Waals surface area (Å²) in [5.74, 6) is 0.774. The molecule has 3 aliphatic rings. The van der Waals surface area contributed by atoms with E-state index >= 15 is 0 Å². The molecule has 4 heterocycles. The lowest BCUT2D eigenvalue weighted by molar-refractivity contribution is -0.121. The third-order valence-corrected chi connectivity index (χ3v) is 8.57. The zero-order valence-electron chi connectivity index (χ0n) is 23.1. The van der Waals surface area contributed by atoms with Crippen LogP contribution in [0, 0.1) is 6.92 Å². The third-order valence-electron chi connectivity index (χ3n) is 8.57. The number of rotatable bonds is 6. The summed E-state index contributed by atoms with van der Waals surface area (Å²) in [6.45, 7) is 10.1. The molecule has 1 aromatic heterocycles. The highest BCUT2D eigenvalue weighted by Gasteiger charge is 2.42. The van der Waals surface area contributed by atoms with Gasteiger partial charge in [-0.25, -0.2) is 9.37 Å². The maximum atomic E-state index is 13.5. The average molecular weight is 534 g/mol. The van der Waals surface area contributed by atoms with Gasteiger partial charge in [0.15, 0.2) is 0 Å². The van der Waals surface area contributed by atoms with E-state index in [1.165, 1.54) is 0 Å². The van der Waals surface area contributed by atoms with Crippen molar-refractivity contribution in [1.29, 1.82) is 0 Å². The Hall–Kier alpha value is -3.30. The number of likely N-dealkylation sites (N-methyl/N-ethyl adjacent to an activating group) is 1. The molecule has 0 aliphatic carbocycles. The standard InChI is InChI=1S/C30H36FN5O3/c1-19-32-26-14-22(35-11-12-39-23(18-35)17-34-15-21(31)16-34)6-7-24(26)28(37)36(19)10-9-20-5-8-25-27(13-20)33(4)29(38)30(25,2)3/h5-8,13-14,21,23H,9-12,15-18H2,1-4H3/t23-/m0/s1. The van der Waals surface area contributed by atoms with Gasteiger partial charge in [0.2, 0.25) is 5.91 Å². The number of anilines is 2. The predicted octanol–water partition coefficient (Wildman–Crippen LogP) is 3.06. The molecule has 3 aromatic rings. The minimum atomic E-state index is -0.711. The fourth-order valence-electron chi connectivity index (χ4n) is 6.21. The Labute approximate surface area is 228 Å². The highest BCUT2D eigenvalue weighted by molar-refractivity contribution is 6.07. The minimum absolute atomic E-state index is 0.0350. The maximum absolute atomic E-state index is 13.5. The zero-order valence-corrected chi connectivity index (χ0v) is 23.1. The van der Waals surface area contributed by atoms with Gasteiger partial charge < -0.3 is 14.5 Å². The summed E-state index contributed by atoms with van der Waals surface area (Å²) in [5.41, 5.74) is 4.21. The Balaban J connectivity index is 1.18. The SMILES string of the molecule is Cc1nc2cc(N3CCO[C@@H](CN4CC(F)C4)C3)ccc2c(=O)n1CCc1ccc2c(c1)N(C)C(=O)C2(C)C. The van der Waals surface area contributed by atoms with Gasteiger partial charge in [0.05, 0.1) is 29.0 Å². The molecule has 2 saturated heterocycles. The van der Waals surface area contributed by atoms with Crippen molar-refractivity contribution in [2.45, 2.75) is 51.4 Å². The van der Waals surface area contributed by atoms with Crippen LogP contribution in [0.25, 0.3) is 10.9 Å². The van der Waals surface area contributed by atoms with Crippen molar-refractivity contribution in [3.8, 4) is 0 Å². The number of aryl methyl sites for hydroxylation is 2. The molecule has 2 fully saturated rings. The van der Waals surface area contributed by atoms with E-state index in [4.69, 9.17) is 9.72 Å². The number of nitrogens with zero attached hydrogens (tertiary/aromatic N) is 5. The first-order valence-corrected chi connectivity index (χ1v) is 13.8. The van der Waals surface area contributed by atoms with Crippen molar-refractivity contribution in [3.05, 3.63) is 63.7 Å². The molecule has 206 valence electrons. The molecule has 0 radical (unpaired) electrons. The molecule has 1 amide bonds. The number of benzene rings is 2. The van der Waals surface area contributed by atoms with E-state index < -0.39 is 11.6 Å². The molecule has 0 saturated carbocycles. The van der Waals surface area contributed by atoms with E-state index in [0.29, 0.717) is 49.4 Å². The van der Waals surface area contributed by atoms with Crippen LogP contribution in [0.4, 0.5) is 15.8 Å². The second-order valence-corrected chi connectivity index (χ2v) is 11.7. The minimum Gasteiger partial charge on any atom is -0.373 e. The molecule has 2 aromatic carbocycles. The van der Waals surface area contributed by atoms with Crippen LogP contribution in [0.5, 0.6) is 0 Å². The van der Waals surface area contributed by atoms with Crippen molar-refractivity contribution < 1.29 is 13.9 Å². The normalized spacial score (nSPS) is 21.5. The van der Waals surface area contributed by atoms with Gasteiger partial charge in [-0.1, -0.05) is 12.1 Å². The molecule has 0 spiro atoms. The largest absolute Gasteiger partial charge is 0.373 e. The van der Waals surface area contributed by atoms with Crippen LogP contribution in [-0.2, 0) is 27.9 Å².